The van der Waals surface area contributed by atoms with Gasteiger partial charge in [0.1, 0.15) is 0 Å². The second-order valence-corrected chi connectivity index (χ2v) is 26.1. The monoisotopic (exact) mass is 366 g/mol. The topological polar surface area (TPSA) is 27.7 Å². The molecule has 0 aromatic carbocycles. The van der Waals surface area contributed by atoms with Crippen molar-refractivity contribution in [3.63, 3.8) is 0 Å². The highest BCUT2D eigenvalue weighted by Crippen LogP contribution is 2.20. The molecular formula is C14H38O3Si4. The van der Waals surface area contributed by atoms with Gasteiger partial charge in [-0.1, -0.05) is 6.42 Å². The lowest BCUT2D eigenvalue weighted by Crippen LogP contribution is -2.50. The summed E-state index contributed by atoms with van der Waals surface area (Å²) in [5.41, 5.74) is 0. The zero-order valence-corrected chi connectivity index (χ0v) is 20.1. The normalized spacial score (nSPS) is 19.7. The molecule has 0 saturated carbocycles. The lowest BCUT2D eigenvalue weighted by atomic mass is 10.4. The maximum Gasteiger partial charge on any atom is 0.311 e. The third kappa shape index (κ3) is 14.1. The molecule has 0 unspecified atom stereocenters. The Morgan fingerprint density at radius 3 is 1.38 bits per heavy atom. The summed E-state index contributed by atoms with van der Waals surface area (Å²) >= 11 is 0. The SMILES string of the molecule is C[Si](C)(C)O[Si](C)(C)O[Si](C)(C)C.C[Si]1(C)CCCCO1. The van der Waals surface area contributed by atoms with Crippen LogP contribution in [-0.4, -0.2) is 40.1 Å². The van der Waals surface area contributed by atoms with Crippen LogP contribution in [0.15, 0.2) is 0 Å². The lowest BCUT2D eigenvalue weighted by Gasteiger charge is -2.35. The van der Waals surface area contributed by atoms with Crippen molar-refractivity contribution in [3.8, 4) is 0 Å². The molecule has 0 aromatic heterocycles. The van der Waals surface area contributed by atoms with E-state index in [1.807, 2.05) is 0 Å². The van der Waals surface area contributed by atoms with Crippen molar-refractivity contribution in [2.24, 2.45) is 0 Å². The molecule has 0 N–H and O–H groups in total. The van der Waals surface area contributed by atoms with Gasteiger partial charge in [-0.05, 0) is 77.9 Å². The highest BCUT2D eigenvalue weighted by Gasteiger charge is 2.35. The third-order valence-electron chi connectivity index (χ3n) is 2.77. The van der Waals surface area contributed by atoms with Gasteiger partial charge in [0.25, 0.3) is 0 Å². The van der Waals surface area contributed by atoms with Gasteiger partial charge in [0.15, 0.2) is 25.0 Å². The van der Waals surface area contributed by atoms with Crippen LogP contribution in [0.3, 0.4) is 0 Å². The van der Waals surface area contributed by atoms with Crippen molar-refractivity contribution >= 4 is 33.5 Å². The van der Waals surface area contributed by atoms with E-state index in [1.165, 1.54) is 18.9 Å². The van der Waals surface area contributed by atoms with E-state index in [0.717, 1.165) is 6.61 Å². The van der Waals surface area contributed by atoms with Gasteiger partial charge in [0, 0.05) is 6.61 Å². The molecule has 21 heavy (non-hydrogen) atoms. The van der Waals surface area contributed by atoms with Crippen LogP contribution >= 0.6 is 0 Å². The number of hydrogen-bond acceptors (Lipinski definition) is 3. The number of hydrogen-bond donors (Lipinski definition) is 0. The zero-order valence-electron chi connectivity index (χ0n) is 16.1. The Balaban J connectivity index is 0.000000423. The van der Waals surface area contributed by atoms with Gasteiger partial charge in [-0.3, -0.25) is 0 Å². The summed E-state index contributed by atoms with van der Waals surface area (Å²) in [6.07, 6.45) is 2.69. The first-order valence-corrected chi connectivity index (χ1v) is 20.9. The molecular weight excluding hydrogens is 328 g/mol. The van der Waals surface area contributed by atoms with Gasteiger partial charge in [-0.2, -0.15) is 0 Å². The Morgan fingerprint density at radius 2 is 1.19 bits per heavy atom. The summed E-state index contributed by atoms with van der Waals surface area (Å²) in [4.78, 5) is 0. The van der Waals surface area contributed by atoms with E-state index in [2.05, 4.69) is 65.5 Å². The minimum absolute atomic E-state index is 1.03. The summed E-state index contributed by atoms with van der Waals surface area (Å²) < 4.78 is 17.8. The first kappa shape index (κ1) is 21.7. The lowest BCUT2D eigenvalue weighted by molar-refractivity contribution is 0.275. The Hall–Kier alpha value is 0.748. The quantitative estimate of drug-likeness (QED) is 0.624. The molecule has 1 aliphatic rings. The maximum atomic E-state index is 6.09. The molecule has 0 radical (unpaired) electrons. The van der Waals surface area contributed by atoms with Crippen LogP contribution in [0.4, 0.5) is 0 Å². The largest absolute Gasteiger partial charge is 0.437 e. The summed E-state index contributed by atoms with van der Waals surface area (Å²) in [6.45, 7) is 23.2. The predicted octanol–water partition coefficient (Wildman–Crippen LogP) is 5.39. The summed E-state index contributed by atoms with van der Waals surface area (Å²) in [7, 11) is -5.81. The van der Waals surface area contributed by atoms with Crippen molar-refractivity contribution < 1.29 is 12.7 Å². The molecule has 1 fully saturated rings. The fourth-order valence-electron chi connectivity index (χ4n) is 2.57. The van der Waals surface area contributed by atoms with E-state index >= 15 is 0 Å². The van der Waals surface area contributed by atoms with Crippen molar-refractivity contribution in [3.05, 3.63) is 0 Å². The van der Waals surface area contributed by atoms with Crippen LogP contribution in [0.5, 0.6) is 0 Å². The Bertz CT molecular complexity index is 280. The molecule has 3 nitrogen and oxygen atoms in total. The van der Waals surface area contributed by atoms with Crippen molar-refractivity contribution in [1.82, 2.24) is 0 Å². The van der Waals surface area contributed by atoms with Crippen molar-refractivity contribution in [2.45, 2.75) is 84.4 Å². The van der Waals surface area contributed by atoms with Crippen LogP contribution in [0.2, 0.25) is 71.5 Å². The molecule has 7 heteroatoms. The standard InChI is InChI=1S/C8H24O2Si3.C6H14OSi/c1-11(2,3)9-13(7,8)10-12(4,5)6;1-8(2)6-4-3-5-7-8/h1-8H3;3-6H2,1-2H3. The Labute approximate surface area is 137 Å². The minimum atomic E-state index is -1.85. The van der Waals surface area contributed by atoms with Crippen molar-refractivity contribution in [1.29, 1.82) is 0 Å². The Morgan fingerprint density at radius 1 is 0.762 bits per heavy atom. The van der Waals surface area contributed by atoms with Crippen molar-refractivity contribution in [2.75, 3.05) is 6.61 Å². The van der Waals surface area contributed by atoms with Gasteiger partial charge in [-0.25, -0.2) is 0 Å². The van der Waals surface area contributed by atoms with E-state index in [1.54, 1.807) is 0 Å². The Kier molecular flexibility index (Phi) is 8.31. The average molecular weight is 367 g/mol. The van der Waals surface area contributed by atoms with Gasteiger partial charge in [-0.15, -0.1) is 0 Å². The van der Waals surface area contributed by atoms with Crippen LogP contribution in [0.25, 0.3) is 0 Å². The van der Waals surface area contributed by atoms with E-state index in [4.69, 9.17) is 12.7 Å². The molecule has 0 aliphatic carbocycles. The van der Waals surface area contributed by atoms with Gasteiger partial charge < -0.3 is 12.7 Å². The molecule has 0 amide bonds. The second kappa shape index (κ2) is 8.03. The van der Waals surface area contributed by atoms with Gasteiger partial charge >= 0.3 is 8.56 Å². The summed E-state index contributed by atoms with van der Waals surface area (Å²) in [6, 6.07) is 1.37. The highest BCUT2D eigenvalue weighted by molar-refractivity contribution is 6.87. The zero-order chi connectivity index (χ0) is 16.9. The smallest absolute Gasteiger partial charge is 0.311 e. The molecule has 1 rings (SSSR count). The molecule has 1 heterocycles. The molecule has 0 atom stereocenters. The molecule has 0 bridgehead atoms. The van der Waals surface area contributed by atoms with E-state index in [9.17, 15) is 0 Å². The van der Waals surface area contributed by atoms with E-state index in [0.29, 0.717) is 0 Å². The van der Waals surface area contributed by atoms with Crippen LogP contribution in [0, 0.1) is 0 Å². The molecule has 0 aromatic rings. The molecule has 0 spiro atoms. The summed E-state index contributed by atoms with van der Waals surface area (Å²) in [5.74, 6) is 0. The first-order chi connectivity index (χ1) is 9.12. The van der Waals surface area contributed by atoms with E-state index in [-0.39, 0.29) is 0 Å². The minimum Gasteiger partial charge on any atom is -0.437 e. The average Bonchev–Trinajstić information content (AvgIpc) is 2.08. The summed E-state index contributed by atoms with van der Waals surface area (Å²) in [5, 5.41) is 0. The molecule has 128 valence electrons. The fraction of sp³-hybridized carbons (Fsp3) is 1.00. The molecule has 1 saturated heterocycles. The van der Waals surface area contributed by atoms with E-state index < -0.39 is 33.5 Å². The van der Waals surface area contributed by atoms with Gasteiger partial charge in [0.05, 0.1) is 0 Å². The first-order valence-electron chi connectivity index (χ1n) is 8.16. The second-order valence-electron chi connectivity index (χ2n) is 8.89. The molecule has 1 aliphatic heterocycles. The highest BCUT2D eigenvalue weighted by atomic mass is 28.5. The van der Waals surface area contributed by atoms with Crippen LogP contribution in [-0.2, 0) is 12.7 Å². The van der Waals surface area contributed by atoms with Gasteiger partial charge in [0.2, 0.25) is 0 Å². The maximum absolute atomic E-state index is 6.09. The number of rotatable bonds is 4. The van der Waals surface area contributed by atoms with Crippen LogP contribution < -0.4 is 0 Å². The third-order valence-corrected chi connectivity index (χ3v) is 14.1. The fourth-order valence-corrected chi connectivity index (χ4v) is 16.9. The predicted molar refractivity (Wildman–Crippen MR) is 104 cm³/mol. The van der Waals surface area contributed by atoms with Crippen LogP contribution in [0.1, 0.15) is 12.8 Å².